The van der Waals surface area contributed by atoms with Crippen LogP contribution in [0.2, 0.25) is 0 Å². The third kappa shape index (κ3) is 2.14. The number of urea groups is 1. The molecule has 0 saturated heterocycles. The summed E-state index contributed by atoms with van der Waals surface area (Å²) in [6.45, 7) is 0.440. The van der Waals surface area contributed by atoms with Gasteiger partial charge in [0, 0.05) is 6.54 Å². The number of carbonyl (C=O) groups excluding carboxylic acids is 2. The second-order valence-electron chi connectivity index (χ2n) is 3.51. The molecule has 5 N–H and O–H groups in total. The molecule has 1 saturated carbocycles. The molecule has 2 amide bonds. The summed E-state index contributed by atoms with van der Waals surface area (Å²) in [5.74, 6) is -0.302. The van der Waals surface area contributed by atoms with Crippen LogP contribution in [0.25, 0.3) is 0 Å². The van der Waals surface area contributed by atoms with Crippen molar-refractivity contribution in [2.24, 2.45) is 17.4 Å². The number of nitrogens with two attached hydrogens (primary N) is 2. The highest BCUT2D eigenvalue weighted by Gasteiger charge is 2.57. The Labute approximate surface area is 82.0 Å². The van der Waals surface area contributed by atoms with Crippen LogP contribution >= 0.6 is 0 Å². The van der Waals surface area contributed by atoms with Gasteiger partial charge >= 0.3 is 12.0 Å². The maximum Gasteiger partial charge on any atom is 0.326 e. The largest absolute Gasteiger partial charge is 0.468 e. The molecule has 0 aromatic rings. The summed E-state index contributed by atoms with van der Waals surface area (Å²) >= 11 is 0. The predicted octanol–water partition coefficient (Wildman–Crippen LogP) is -1.06. The Morgan fingerprint density at radius 1 is 1.64 bits per heavy atom. The van der Waals surface area contributed by atoms with Gasteiger partial charge in [-0.2, -0.15) is 0 Å². The van der Waals surface area contributed by atoms with Gasteiger partial charge in [0.15, 0.2) is 0 Å². The quantitative estimate of drug-likeness (QED) is 0.503. The summed E-state index contributed by atoms with van der Waals surface area (Å²) in [6.07, 6.45) is 1.26. The lowest BCUT2D eigenvalue weighted by atomic mass is 10.2. The lowest BCUT2D eigenvalue weighted by Crippen LogP contribution is -2.37. The third-order valence-electron chi connectivity index (χ3n) is 2.51. The number of methoxy groups -OCH3 is 1. The topological polar surface area (TPSA) is 107 Å². The Morgan fingerprint density at radius 2 is 2.29 bits per heavy atom. The number of ether oxygens (including phenoxy) is 1. The van der Waals surface area contributed by atoms with Crippen LogP contribution in [0.4, 0.5) is 4.79 Å². The normalized spacial score (nSPS) is 29.4. The Balaban J connectivity index is 2.25. The van der Waals surface area contributed by atoms with Crippen molar-refractivity contribution in [2.45, 2.75) is 18.4 Å². The van der Waals surface area contributed by atoms with E-state index < -0.39 is 11.6 Å². The van der Waals surface area contributed by atoms with Crippen molar-refractivity contribution in [2.75, 3.05) is 13.7 Å². The molecule has 1 aliphatic rings. The zero-order chi connectivity index (χ0) is 10.8. The van der Waals surface area contributed by atoms with Crippen LogP contribution in [0.3, 0.4) is 0 Å². The van der Waals surface area contributed by atoms with Gasteiger partial charge in [-0.1, -0.05) is 0 Å². The molecule has 14 heavy (non-hydrogen) atoms. The van der Waals surface area contributed by atoms with Crippen molar-refractivity contribution in [1.82, 2.24) is 5.32 Å². The van der Waals surface area contributed by atoms with Gasteiger partial charge in [-0.3, -0.25) is 4.79 Å². The van der Waals surface area contributed by atoms with Gasteiger partial charge in [0.05, 0.1) is 7.11 Å². The molecule has 0 bridgehead atoms. The average molecular weight is 201 g/mol. The summed E-state index contributed by atoms with van der Waals surface area (Å²) < 4.78 is 4.56. The Kier molecular flexibility index (Phi) is 2.95. The van der Waals surface area contributed by atoms with E-state index in [1.54, 1.807) is 0 Å². The number of primary amides is 1. The first-order valence-corrected chi connectivity index (χ1v) is 4.41. The van der Waals surface area contributed by atoms with Crippen molar-refractivity contribution in [3.8, 4) is 0 Å². The summed E-state index contributed by atoms with van der Waals surface area (Å²) in [5, 5.41) is 2.44. The van der Waals surface area contributed by atoms with E-state index in [2.05, 4.69) is 10.1 Å². The Hall–Kier alpha value is -1.30. The van der Waals surface area contributed by atoms with Crippen molar-refractivity contribution < 1.29 is 14.3 Å². The third-order valence-corrected chi connectivity index (χ3v) is 2.51. The first kappa shape index (κ1) is 10.8. The molecule has 2 atom stereocenters. The van der Waals surface area contributed by atoms with E-state index in [0.29, 0.717) is 19.4 Å². The van der Waals surface area contributed by atoms with E-state index in [9.17, 15) is 9.59 Å². The van der Waals surface area contributed by atoms with E-state index in [0.717, 1.165) is 0 Å². The molecule has 1 aliphatic carbocycles. The van der Waals surface area contributed by atoms with Crippen LogP contribution in [0.5, 0.6) is 0 Å². The van der Waals surface area contributed by atoms with Crippen LogP contribution < -0.4 is 16.8 Å². The second kappa shape index (κ2) is 3.83. The minimum atomic E-state index is -0.839. The summed E-state index contributed by atoms with van der Waals surface area (Å²) in [4.78, 5) is 21.5. The van der Waals surface area contributed by atoms with Gasteiger partial charge < -0.3 is 21.5 Å². The number of nitrogens with one attached hydrogen (secondary N) is 1. The van der Waals surface area contributed by atoms with E-state index in [1.807, 2.05) is 0 Å². The van der Waals surface area contributed by atoms with E-state index >= 15 is 0 Å². The number of amides is 2. The molecular formula is C8H15N3O3. The first-order chi connectivity index (χ1) is 6.50. The van der Waals surface area contributed by atoms with Gasteiger partial charge in [-0.15, -0.1) is 0 Å². The van der Waals surface area contributed by atoms with Crippen molar-refractivity contribution in [3.63, 3.8) is 0 Å². The molecule has 0 radical (unpaired) electrons. The highest BCUT2D eigenvalue weighted by Crippen LogP contribution is 2.44. The molecule has 1 fully saturated rings. The highest BCUT2D eigenvalue weighted by atomic mass is 16.5. The van der Waals surface area contributed by atoms with Crippen LogP contribution in [0.15, 0.2) is 0 Å². The zero-order valence-corrected chi connectivity index (χ0v) is 8.08. The fourth-order valence-corrected chi connectivity index (χ4v) is 1.52. The fourth-order valence-electron chi connectivity index (χ4n) is 1.52. The van der Waals surface area contributed by atoms with Crippen LogP contribution in [-0.2, 0) is 9.53 Å². The van der Waals surface area contributed by atoms with Crippen LogP contribution in [0.1, 0.15) is 12.8 Å². The Bertz CT molecular complexity index is 256. The van der Waals surface area contributed by atoms with Crippen LogP contribution in [-0.4, -0.2) is 31.2 Å². The molecule has 0 spiro atoms. The second-order valence-corrected chi connectivity index (χ2v) is 3.51. The molecule has 80 valence electrons. The minimum absolute atomic E-state index is 0.0850. The maximum atomic E-state index is 11.1. The molecule has 6 heteroatoms. The Morgan fingerprint density at radius 3 is 2.79 bits per heavy atom. The maximum absolute atomic E-state index is 11.1. The number of hydrogen-bond acceptors (Lipinski definition) is 4. The molecule has 0 aliphatic heterocycles. The minimum Gasteiger partial charge on any atom is -0.468 e. The summed E-state index contributed by atoms with van der Waals surface area (Å²) in [6, 6.07) is -0.564. The number of carbonyl (C=O) groups is 2. The lowest BCUT2D eigenvalue weighted by Gasteiger charge is -2.08. The summed E-state index contributed by atoms with van der Waals surface area (Å²) in [7, 11) is 1.31. The summed E-state index contributed by atoms with van der Waals surface area (Å²) in [5.41, 5.74) is 9.78. The molecule has 2 unspecified atom stereocenters. The molecule has 0 aromatic heterocycles. The smallest absolute Gasteiger partial charge is 0.326 e. The predicted molar refractivity (Wildman–Crippen MR) is 49.2 cm³/mol. The standard InChI is InChI=1S/C8H15N3O3/c1-14-6(12)8(10)4-5(8)2-3-11-7(9)13/h5H,2-4,10H2,1H3,(H3,9,11,13). The number of esters is 1. The molecular weight excluding hydrogens is 186 g/mol. The fraction of sp³-hybridized carbons (Fsp3) is 0.750. The van der Waals surface area contributed by atoms with Gasteiger partial charge in [-0.25, -0.2) is 4.79 Å². The van der Waals surface area contributed by atoms with Gasteiger partial charge in [0.2, 0.25) is 0 Å². The van der Waals surface area contributed by atoms with E-state index in [-0.39, 0.29) is 11.9 Å². The monoisotopic (exact) mass is 201 g/mol. The van der Waals surface area contributed by atoms with E-state index in [4.69, 9.17) is 11.5 Å². The lowest BCUT2D eigenvalue weighted by molar-refractivity contribution is -0.143. The average Bonchev–Trinajstić information content (AvgIpc) is 2.77. The molecule has 0 heterocycles. The van der Waals surface area contributed by atoms with Gasteiger partial charge in [-0.05, 0) is 18.8 Å². The molecule has 6 nitrogen and oxygen atoms in total. The number of hydrogen-bond donors (Lipinski definition) is 3. The van der Waals surface area contributed by atoms with Crippen molar-refractivity contribution in [1.29, 1.82) is 0 Å². The van der Waals surface area contributed by atoms with E-state index in [1.165, 1.54) is 7.11 Å². The van der Waals surface area contributed by atoms with Gasteiger partial charge in [0.1, 0.15) is 5.54 Å². The van der Waals surface area contributed by atoms with Crippen LogP contribution in [0, 0.1) is 5.92 Å². The first-order valence-electron chi connectivity index (χ1n) is 4.41. The van der Waals surface area contributed by atoms with Crippen molar-refractivity contribution in [3.05, 3.63) is 0 Å². The molecule has 1 rings (SSSR count). The van der Waals surface area contributed by atoms with Gasteiger partial charge in [0.25, 0.3) is 0 Å². The number of rotatable bonds is 4. The highest BCUT2D eigenvalue weighted by molar-refractivity contribution is 5.84. The SMILES string of the molecule is COC(=O)C1(N)CC1CCNC(N)=O. The van der Waals surface area contributed by atoms with Crippen molar-refractivity contribution >= 4 is 12.0 Å². The molecule has 0 aromatic carbocycles. The zero-order valence-electron chi connectivity index (χ0n) is 8.08.